The SMILES string of the molecule is CSc1ccccc1NC(=O)CCc1ccc(C(C)C)cc1. The van der Waals surface area contributed by atoms with Crippen LogP contribution in [-0.2, 0) is 11.2 Å². The number of amides is 1. The van der Waals surface area contributed by atoms with Crippen molar-refractivity contribution in [1.82, 2.24) is 0 Å². The summed E-state index contributed by atoms with van der Waals surface area (Å²) in [7, 11) is 0. The second-order valence-electron chi connectivity index (χ2n) is 5.64. The fourth-order valence-corrected chi connectivity index (χ4v) is 2.84. The molecule has 0 fully saturated rings. The second-order valence-corrected chi connectivity index (χ2v) is 6.49. The Kier molecular flexibility index (Phi) is 6.08. The number of rotatable bonds is 6. The van der Waals surface area contributed by atoms with Gasteiger partial charge in [-0.3, -0.25) is 4.79 Å². The van der Waals surface area contributed by atoms with Gasteiger partial charge in [-0.1, -0.05) is 50.2 Å². The Morgan fingerprint density at radius 1 is 1.09 bits per heavy atom. The molecule has 0 saturated carbocycles. The maximum absolute atomic E-state index is 12.1. The zero-order valence-corrected chi connectivity index (χ0v) is 14.2. The highest BCUT2D eigenvalue weighted by Crippen LogP contribution is 2.24. The predicted molar refractivity (Wildman–Crippen MR) is 95.7 cm³/mol. The van der Waals surface area contributed by atoms with Crippen LogP contribution in [0, 0.1) is 0 Å². The number of para-hydroxylation sites is 1. The Hall–Kier alpha value is -1.74. The first-order valence-electron chi connectivity index (χ1n) is 7.62. The minimum Gasteiger partial charge on any atom is -0.325 e. The molecule has 0 radical (unpaired) electrons. The third-order valence-electron chi connectivity index (χ3n) is 3.67. The third kappa shape index (κ3) is 4.63. The van der Waals surface area contributed by atoms with Gasteiger partial charge in [0.05, 0.1) is 5.69 Å². The van der Waals surface area contributed by atoms with Crippen molar-refractivity contribution in [3.8, 4) is 0 Å². The average Bonchev–Trinajstić information content (AvgIpc) is 2.54. The molecule has 0 heterocycles. The first kappa shape index (κ1) is 16.6. The Morgan fingerprint density at radius 2 is 1.77 bits per heavy atom. The first-order valence-corrected chi connectivity index (χ1v) is 8.84. The smallest absolute Gasteiger partial charge is 0.224 e. The van der Waals surface area contributed by atoms with Gasteiger partial charge in [-0.15, -0.1) is 11.8 Å². The quantitative estimate of drug-likeness (QED) is 0.751. The number of nitrogens with one attached hydrogen (secondary N) is 1. The van der Waals surface area contributed by atoms with Crippen LogP contribution in [0.1, 0.15) is 37.3 Å². The number of carbonyl (C=O) groups is 1. The van der Waals surface area contributed by atoms with Gasteiger partial charge in [-0.2, -0.15) is 0 Å². The van der Waals surface area contributed by atoms with Crippen LogP contribution in [0.4, 0.5) is 5.69 Å². The van der Waals surface area contributed by atoms with Crippen LogP contribution in [0.3, 0.4) is 0 Å². The van der Waals surface area contributed by atoms with Gasteiger partial charge >= 0.3 is 0 Å². The molecule has 0 bridgehead atoms. The molecule has 2 aromatic rings. The predicted octanol–water partition coefficient (Wildman–Crippen LogP) is 5.10. The molecule has 0 spiro atoms. The molecule has 1 amide bonds. The number of hydrogen-bond acceptors (Lipinski definition) is 2. The van der Waals surface area contributed by atoms with E-state index in [2.05, 4.69) is 43.4 Å². The highest BCUT2D eigenvalue weighted by Gasteiger charge is 2.07. The average molecular weight is 313 g/mol. The number of anilines is 1. The summed E-state index contributed by atoms with van der Waals surface area (Å²) in [6.45, 7) is 4.37. The summed E-state index contributed by atoms with van der Waals surface area (Å²) in [4.78, 5) is 13.2. The van der Waals surface area contributed by atoms with Crippen molar-refractivity contribution in [2.24, 2.45) is 0 Å². The molecule has 2 aromatic carbocycles. The van der Waals surface area contributed by atoms with Crippen molar-refractivity contribution < 1.29 is 4.79 Å². The molecule has 0 unspecified atom stereocenters. The number of carbonyl (C=O) groups excluding carboxylic acids is 1. The number of aryl methyl sites for hydroxylation is 1. The lowest BCUT2D eigenvalue weighted by molar-refractivity contribution is -0.116. The molecule has 3 heteroatoms. The maximum atomic E-state index is 12.1. The van der Waals surface area contributed by atoms with E-state index in [1.54, 1.807) is 11.8 Å². The lowest BCUT2D eigenvalue weighted by Gasteiger charge is -2.10. The Balaban J connectivity index is 1.90. The standard InChI is InChI=1S/C19H23NOS/c1-14(2)16-11-8-15(9-12-16)10-13-19(21)20-17-6-4-5-7-18(17)22-3/h4-9,11-12,14H,10,13H2,1-3H3,(H,20,21). The molecule has 2 nitrogen and oxygen atoms in total. The number of hydrogen-bond donors (Lipinski definition) is 1. The fraction of sp³-hybridized carbons (Fsp3) is 0.316. The van der Waals surface area contributed by atoms with Crippen LogP contribution in [0.25, 0.3) is 0 Å². The second kappa shape index (κ2) is 8.04. The summed E-state index contributed by atoms with van der Waals surface area (Å²) < 4.78 is 0. The fourth-order valence-electron chi connectivity index (χ4n) is 2.29. The van der Waals surface area contributed by atoms with E-state index >= 15 is 0 Å². The van der Waals surface area contributed by atoms with E-state index in [0.717, 1.165) is 17.0 Å². The van der Waals surface area contributed by atoms with Crippen molar-refractivity contribution in [2.45, 2.75) is 37.5 Å². The van der Waals surface area contributed by atoms with Gasteiger partial charge in [0.1, 0.15) is 0 Å². The minimum absolute atomic E-state index is 0.0643. The summed E-state index contributed by atoms with van der Waals surface area (Å²) >= 11 is 1.64. The van der Waals surface area contributed by atoms with Gasteiger partial charge in [0.15, 0.2) is 0 Å². The highest BCUT2D eigenvalue weighted by atomic mass is 32.2. The lowest BCUT2D eigenvalue weighted by Crippen LogP contribution is -2.12. The van der Waals surface area contributed by atoms with Crippen molar-refractivity contribution >= 4 is 23.4 Å². The van der Waals surface area contributed by atoms with E-state index in [0.29, 0.717) is 12.3 Å². The zero-order valence-electron chi connectivity index (χ0n) is 13.4. The van der Waals surface area contributed by atoms with Crippen LogP contribution >= 0.6 is 11.8 Å². The molecular formula is C19H23NOS. The first-order chi connectivity index (χ1) is 10.6. The van der Waals surface area contributed by atoms with Gasteiger partial charge < -0.3 is 5.32 Å². The molecule has 116 valence electrons. The molecule has 0 aromatic heterocycles. The summed E-state index contributed by atoms with van der Waals surface area (Å²) in [5, 5.41) is 3.00. The van der Waals surface area contributed by atoms with Crippen LogP contribution in [0.2, 0.25) is 0 Å². The summed E-state index contributed by atoms with van der Waals surface area (Å²) in [5.74, 6) is 0.606. The highest BCUT2D eigenvalue weighted by molar-refractivity contribution is 7.98. The molecule has 0 atom stereocenters. The van der Waals surface area contributed by atoms with Gasteiger partial charge in [0, 0.05) is 11.3 Å². The van der Waals surface area contributed by atoms with Crippen molar-refractivity contribution in [1.29, 1.82) is 0 Å². The Labute approximate surface area is 137 Å². The summed E-state index contributed by atoms with van der Waals surface area (Å²) in [6, 6.07) is 16.4. The lowest BCUT2D eigenvalue weighted by atomic mass is 10.0. The van der Waals surface area contributed by atoms with E-state index in [-0.39, 0.29) is 5.91 Å². The van der Waals surface area contributed by atoms with Gasteiger partial charge in [-0.25, -0.2) is 0 Å². The van der Waals surface area contributed by atoms with Gasteiger partial charge in [0.2, 0.25) is 5.91 Å². The van der Waals surface area contributed by atoms with E-state index in [4.69, 9.17) is 0 Å². The van der Waals surface area contributed by atoms with E-state index < -0.39 is 0 Å². The molecule has 2 rings (SSSR count). The molecule has 0 aliphatic rings. The number of benzene rings is 2. The maximum Gasteiger partial charge on any atom is 0.224 e. The molecular weight excluding hydrogens is 290 g/mol. The molecule has 0 saturated heterocycles. The van der Waals surface area contributed by atoms with Crippen LogP contribution < -0.4 is 5.32 Å². The largest absolute Gasteiger partial charge is 0.325 e. The van der Waals surface area contributed by atoms with Crippen LogP contribution in [0.15, 0.2) is 53.4 Å². The Morgan fingerprint density at radius 3 is 2.41 bits per heavy atom. The van der Waals surface area contributed by atoms with Crippen LogP contribution in [-0.4, -0.2) is 12.2 Å². The van der Waals surface area contributed by atoms with Gasteiger partial charge in [-0.05, 0) is 41.9 Å². The summed E-state index contributed by atoms with van der Waals surface area (Å²) in [6.07, 6.45) is 3.29. The van der Waals surface area contributed by atoms with Crippen molar-refractivity contribution in [3.05, 3.63) is 59.7 Å². The van der Waals surface area contributed by atoms with E-state index in [1.165, 1.54) is 11.1 Å². The van der Waals surface area contributed by atoms with Gasteiger partial charge in [0.25, 0.3) is 0 Å². The zero-order chi connectivity index (χ0) is 15.9. The monoisotopic (exact) mass is 313 g/mol. The Bertz CT molecular complexity index is 620. The number of thioether (sulfide) groups is 1. The van der Waals surface area contributed by atoms with Crippen molar-refractivity contribution in [2.75, 3.05) is 11.6 Å². The summed E-state index contributed by atoms with van der Waals surface area (Å²) in [5.41, 5.74) is 3.44. The van der Waals surface area contributed by atoms with E-state index in [9.17, 15) is 4.79 Å². The van der Waals surface area contributed by atoms with Crippen molar-refractivity contribution in [3.63, 3.8) is 0 Å². The molecule has 1 N–H and O–H groups in total. The molecule has 0 aliphatic heterocycles. The molecule has 0 aliphatic carbocycles. The minimum atomic E-state index is 0.0643. The topological polar surface area (TPSA) is 29.1 Å². The normalized spacial score (nSPS) is 10.7. The third-order valence-corrected chi connectivity index (χ3v) is 4.46. The van der Waals surface area contributed by atoms with Crippen LogP contribution in [0.5, 0.6) is 0 Å². The van der Waals surface area contributed by atoms with E-state index in [1.807, 2.05) is 30.5 Å². The molecule has 22 heavy (non-hydrogen) atoms.